The molecule has 1 aliphatic carbocycles. The Hall–Kier alpha value is -2.87. The zero-order valence-corrected chi connectivity index (χ0v) is 11.2. The number of carbonyl (C=O) groups excluding carboxylic acids is 1. The quantitative estimate of drug-likeness (QED) is 0.680. The zero-order chi connectivity index (χ0) is 14.4. The summed E-state index contributed by atoms with van der Waals surface area (Å²) in [5, 5.41) is 13.8. The molecule has 0 saturated heterocycles. The van der Waals surface area contributed by atoms with Crippen LogP contribution in [0, 0.1) is 0 Å². The van der Waals surface area contributed by atoms with E-state index in [2.05, 4.69) is 0 Å². The Morgan fingerprint density at radius 2 is 1.62 bits per heavy atom. The molecule has 100 valence electrons. The van der Waals surface area contributed by atoms with E-state index in [1.54, 1.807) is 0 Å². The summed E-state index contributed by atoms with van der Waals surface area (Å²) in [6.07, 6.45) is 1.44. The van der Waals surface area contributed by atoms with Crippen molar-refractivity contribution in [2.75, 3.05) is 0 Å². The van der Waals surface area contributed by atoms with Gasteiger partial charge in [-0.05, 0) is 22.1 Å². The third kappa shape index (κ3) is 1.69. The first-order valence-corrected chi connectivity index (χ1v) is 6.80. The van der Waals surface area contributed by atoms with Gasteiger partial charge in [-0.25, -0.2) is 0 Å². The first kappa shape index (κ1) is 11.9. The van der Waals surface area contributed by atoms with Crippen molar-refractivity contribution in [1.29, 1.82) is 0 Å². The summed E-state index contributed by atoms with van der Waals surface area (Å²) in [5.41, 5.74) is 3.13. The Balaban J connectivity index is 2.15. The van der Waals surface area contributed by atoms with Crippen LogP contribution in [0.2, 0.25) is 0 Å². The predicted molar refractivity (Wildman–Crippen MR) is 81.7 cm³/mol. The molecule has 0 heterocycles. The second-order valence-electron chi connectivity index (χ2n) is 5.14. The van der Waals surface area contributed by atoms with E-state index >= 15 is 0 Å². The highest BCUT2D eigenvalue weighted by Crippen LogP contribution is 2.36. The minimum atomic E-state index is -0.446. The SMILES string of the molecule is O=C1C([O-])=Cc2cccc3ccc(-c4ccccc4)c1c23. The third-order valence-corrected chi connectivity index (χ3v) is 3.90. The van der Waals surface area contributed by atoms with Gasteiger partial charge in [0.25, 0.3) is 0 Å². The molecule has 1 aliphatic rings. The molecule has 0 aromatic heterocycles. The van der Waals surface area contributed by atoms with E-state index in [1.807, 2.05) is 60.7 Å². The number of hydrogen-bond donors (Lipinski definition) is 0. The molecule has 0 saturated carbocycles. The van der Waals surface area contributed by atoms with Crippen LogP contribution in [-0.2, 0) is 0 Å². The van der Waals surface area contributed by atoms with Gasteiger partial charge in [0.05, 0.1) is 0 Å². The monoisotopic (exact) mass is 271 g/mol. The highest BCUT2D eigenvalue weighted by Gasteiger charge is 2.21. The molecule has 21 heavy (non-hydrogen) atoms. The van der Waals surface area contributed by atoms with Gasteiger partial charge >= 0.3 is 0 Å². The average molecular weight is 271 g/mol. The molecule has 0 aliphatic heterocycles. The maximum absolute atomic E-state index is 12.4. The van der Waals surface area contributed by atoms with Gasteiger partial charge in [0.15, 0.2) is 5.78 Å². The Morgan fingerprint density at radius 3 is 2.43 bits per heavy atom. The first-order valence-electron chi connectivity index (χ1n) is 6.80. The number of hydrogen-bond acceptors (Lipinski definition) is 2. The lowest BCUT2D eigenvalue weighted by Crippen LogP contribution is -2.19. The fourth-order valence-corrected chi connectivity index (χ4v) is 2.95. The summed E-state index contributed by atoms with van der Waals surface area (Å²) in [4.78, 5) is 12.4. The minimum Gasteiger partial charge on any atom is -0.870 e. The molecule has 0 radical (unpaired) electrons. The van der Waals surface area contributed by atoms with E-state index in [1.165, 1.54) is 6.08 Å². The van der Waals surface area contributed by atoms with Crippen LogP contribution in [0.15, 0.2) is 66.4 Å². The minimum absolute atomic E-state index is 0.418. The van der Waals surface area contributed by atoms with Crippen LogP contribution in [0.4, 0.5) is 0 Å². The molecule has 4 rings (SSSR count). The summed E-state index contributed by atoms with van der Waals surface area (Å²) in [5.74, 6) is -0.864. The Bertz CT molecular complexity index is 906. The maximum atomic E-state index is 12.4. The van der Waals surface area contributed by atoms with Crippen molar-refractivity contribution < 1.29 is 9.90 Å². The van der Waals surface area contributed by atoms with Crippen LogP contribution in [0.25, 0.3) is 28.0 Å². The number of rotatable bonds is 1. The summed E-state index contributed by atoms with van der Waals surface area (Å²) in [6, 6.07) is 19.4. The molecule has 0 amide bonds. The lowest BCUT2D eigenvalue weighted by Gasteiger charge is -2.22. The van der Waals surface area contributed by atoms with E-state index < -0.39 is 11.5 Å². The van der Waals surface area contributed by atoms with Crippen LogP contribution >= 0.6 is 0 Å². The first-order chi connectivity index (χ1) is 10.3. The Morgan fingerprint density at radius 1 is 0.810 bits per heavy atom. The predicted octanol–water partition coefficient (Wildman–Crippen LogP) is 3.40. The summed E-state index contributed by atoms with van der Waals surface area (Å²) in [6.45, 7) is 0. The lowest BCUT2D eigenvalue weighted by atomic mass is 9.86. The van der Waals surface area contributed by atoms with Gasteiger partial charge in [-0.2, -0.15) is 0 Å². The van der Waals surface area contributed by atoms with E-state index in [9.17, 15) is 9.90 Å². The van der Waals surface area contributed by atoms with Crippen molar-refractivity contribution in [3.05, 3.63) is 77.5 Å². The summed E-state index contributed by atoms with van der Waals surface area (Å²) >= 11 is 0. The van der Waals surface area contributed by atoms with E-state index in [0.29, 0.717) is 5.56 Å². The molecule has 0 bridgehead atoms. The fraction of sp³-hybridized carbons (Fsp3) is 0. The topological polar surface area (TPSA) is 40.1 Å². The lowest BCUT2D eigenvalue weighted by molar-refractivity contribution is -0.291. The highest BCUT2D eigenvalue weighted by atomic mass is 16.3. The molecular weight excluding hydrogens is 260 g/mol. The van der Waals surface area contributed by atoms with Crippen LogP contribution < -0.4 is 5.11 Å². The summed E-state index contributed by atoms with van der Waals surface area (Å²) in [7, 11) is 0. The van der Waals surface area contributed by atoms with Crippen molar-refractivity contribution in [2.45, 2.75) is 0 Å². The molecule has 3 aromatic rings. The highest BCUT2D eigenvalue weighted by molar-refractivity contribution is 6.24. The zero-order valence-electron chi connectivity index (χ0n) is 11.2. The van der Waals surface area contributed by atoms with Gasteiger partial charge in [-0.1, -0.05) is 72.5 Å². The van der Waals surface area contributed by atoms with E-state index in [-0.39, 0.29) is 0 Å². The molecule has 0 atom stereocenters. The smallest absolute Gasteiger partial charge is 0.179 e. The van der Waals surface area contributed by atoms with Crippen molar-refractivity contribution in [3.8, 4) is 11.1 Å². The fourth-order valence-electron chi connectivity index (χ4n) is 2.95. The van der Waals surface area contributed by atoms with Crippen molar-refractivity contribution >= 4 is 22.6 Å². The standard InChI is InChI=1S/C19H12O2/c20-16-11-14-8-4-7-13-9-10-15(12-5-2-1-3-6-12)18(17(13)14)19(16)21/h1-11,20H/p-1. The van der Waals surface area contributed by atoms with Crippen molar-refractivity contribution in [3.63, 3.8) is 0 Å². The Labute approximate surface area is 122 Å². The van der Waals surface area contributed by atoms with Gasteiger partial charge in [0, 0.05) is 10.9 Å². The van der Waals surface area contributed by atoms with Crippen LogP contribution in [0.5, 0.6) is 0 Å². The third-order valence-electron chi connectivity index (χ3n) is 3.90. The van der Waals surface area contributed by atoms with Gasteiger partial charge in [-0.3, -0.25) is 4.79 Å². The van der Waals surface area contributed by atoms with Gasteiger partial charge in [0.2, 0.25) is 0 Å². The number of carbonyl (C=O) groups is 1. The van der Waals surface area contributed by atoms with Crippen molar-refractivity contribution in [1.82, 2.24) is 0 Å². The molecular formula is C19H11O2-. The van der Waals surface area contributed by atoms with Crippen LogP contribution in [0.3, 0.4) is 0 Å². The van der Waals surface area contributed by atoms with Gasteiger partial charge in [0.1, 0.15) is 0 Å². The van der Waals surface area contributed by atoms with Crippen LogP contribution in [0.1, 0.15) is 15.9 Å². The molecule has 0 N–H and O–H groups in total. The molecule has 3 aromatic carbocycles. The molecule has 2 heteroatoms. The largest absolute Gasteiger partial charge is 0.870 e. The number of ketones is 1. The van der Waals surface area contributed by atoms with Crippen LogP contribution in [-0.4, -0.2) is 5.78 Å². The molecule has 0 spiro atoms. The molecule has 0 unspecified atom stereocenters. The second-order valence-corrected chi connectivity index (χ2v) is 5.14. The Kier molecular flexibility index (Phi) is 2.45. The number of Topliss-reactive ketones (excluding diaryl/α,β-unsaturated/α-hetero) is 1. The average Bonchev–Trinajstić information content (AvgIpc) is 2.53. The maximum Gasteiger partial charge on any atom is 0.179 e. The summed E-state index contributed by atoms with van der Waals surface area (Å²) < 4.78 is 0. The van der Waals surface area contributed by atoms with E-state index in [0.717, 1.165) is 27.5 Å². The second kappa shape index (κ2) is 4.32. The normalized spacial score (nSPS) is 13.3. The van der Waals surface area contributed by atoms with Gasteiger partial charge in [-0.15, -0.1) is 0 Å². The van der Waals surface area contributed by atoms with Crippen molar-refractivity contribution in [2.24, 2.45) is 0 Å². The molecule has 2 nitrogen and oxygen atoms in total. The number of benzene rings is 3. The number of allylic oxidation sites excluding steroid dienone is 1. The van der Waals surface area contributed by atoms with E-state index in [4.69, 9.17) is 0 Å². The molecule has 0 fully saturated rings. The van der Waals surface area contributed by atoms with Gasteiger partial charge < -0.3 is 5.11 Å².